The highest BCUT2D eigenvalue weighted by atomic mass is 19.4. The van der Waals surface area contributed by atoms with Gasteiger partial charge in [0.15, 0.2) is 0 Å². The molecule has 2 heterocycles. The van der Waals surface area contributed by atoms with Crippen molar-refractivity contribution in [2.24, 2.45) is 13.0 Å². The summed E-state index contributed by atoms with van der Waals surface area (Å²) in [5.74, 6) is -0.675. The van der Waals surface area contributed by atoms with Crippen LogP contribution >= 0.6 is 0 Å². The lowest BCUT2D eigenvalue weighted by molar-refractivity contribution is -0.166. The second-order valence-electron chi connectivity index (χ2n) is 7.37. The van der Waals surface area contributed by atoms with Crippen LogP contribution in [0, 0.1) is 19.8 Å². The Morgan fingerprint density at radius 3 is 2.52 bits per heavy atom. The first-order valence-corrected chi connectivity index (χ1v) is 9.17. The van der Waals surface area contributed by atoms with Crippen LogP contribution in [-0.2, 0) is 18.4 Å². The topological polar surface area (TPSA) is 98.8 Å². The van der Waals surface area contributed by atoms with Crippen molar-refractivity contribution < 1.29 is 18.0 Å². The molecular formula is C17H22F3N7O2. The fraction of sp³-hybridized carbons (Fsp3) is 0.647. The van der Waals surface area contributed by atoms with E-state index < -0.39 is 36.8 Å². The Balaban J connectivity index is 1.84. The van der Waals surface area contributed by atoms with E-state index in [1.54, 1.807) is 20.8 Å². The summed E-state index contributed by atoms with van der Waals surface area (Å²) in [4.78, 5) is 26.7. The zero-order chi connectivity index (χ0) is 21.5. The van der Waals surface area contributed by atoms with Crippen LogP contribution < -0.4 is 5.56 Å². The first-order valence-electron chi connectivity index (χ1n) is 9.17. The third-order valence-corrected chi connectivity index (χ3v) is 5.14. The lowest BCUT2D eigenvalue weighted by atomic mass is 10.1. The van der Waals surface area contributed by atoms with E-state index in [-0.39, 0.29) is 17.3 Å². The predicted molar refractivity (Wildman–Crippen MR) is 95.7 cm³/mol. The summed E-state index contributed by atoms with van der Waals surface area (Å²) in [7, 11) is 1.49. The van der Waals surface area contributed by atoms with Gasteiger partial charge in [-0.2, -0.15) is 23.1 Å². The van der Waals surface area contributed by atoms with Gasteiger partial charge in [0.25, 0.3) is 5.56 Å². The Bertz CT molecular complexity index is 978. The Morgan fingerprint density at radius 2 is 1.93 bits per heavy atom. The molecule has 158 valence electrons. The van der Waals surface area contributed by atoms with E-state index in [0.29, 0.717) is 11.3 Å². The lowest BCUT2D eigenvalue weighted by Gasteiger charge is -2.30. The van der Waals surface area contributed by atoms with Crippen LogP contribution in [0.3, 0.4) is 0 Å². The van der Waals surface area contributed by atoms with Crippen molar-refractivity contribution in [1.29, 1.82) is 0 Å². The quantitative estimate of drug-likeness (QED) is 0.707. The van der Waals surface area contributed by atoms with Gasteiger partial charge in [0, 0.05) is 13.1 Å². The molecule has 1 amide bonds. The average molecular weight is 413 g/mol. The molecule has 0 saturated heterocycles. The molecule has 29 heavy (non-hydrogen) atoms. The Hall–Kier alpha value is -2.79. The molecule has 12 heteroatoms. The summed E-state index contributed by atoms with van der Waals surface area (Å²) in [5, 5.41) is 15.7. The number of carbonyl (C=O) groups is 1. The van der Waals surface area contributed by atoms with Crippen molar-refractivity contribution in [3.8, 4) is 11.4 Å². The van der Waals surface area contributed by atoms with Crippen molar-refractivity contribution in [3.63, 3.8) is 0 Å². The lowest BCUT2D eigenvalue weighted by Crippen LogP contribution is -2.47. The van der Waals surface area contributed by atoms with Gasteiger partial charge >= 0.3 is 6.18 Å². The Morgan fingerprint density at radius 1 is 1.28 bits per heavy atom. The molecule has 0 bridgehead atoms. The summed E-state index contributed by atoms with van der Waals surface area (Å²) in [6.07, 6.45) is -2.89. The number of tetrazole rings is 1. The Kier molecular flexibility index (Phi) is 5.46. The van der Waals surface area contributed by atoms with Gasteiger partial charge in [-0.1, -0.05) is 0 Å². The average Bonchev–Trinajstić information content (AvgIpc) is 3.38. The van der Waals surface area contributed by atoms with Crippen LogP contribution in [0.25, 0.3) is 11.4 Å². The molecule has 0 spiro atoms. The second kappa shape index (κ2) is 7.56. The van der Waals surface area contributed by atoms with Crippen molar-refractivity contribution in [1.82, 2.24) is 34.9 Å². The molecule has 2 aromatic heterocycles. The van der Waals surface area contributed by atoms with Gasteiger partial charge in [-0.15, -0.1) is 10.2 Å². The van der Waals surface area contributed by atoms with Crippen LogP contribution in [0.4, 0.5) is 13.2 Å². The normalized spacial score (nSPS) is 15.4. The molecule has 2 aromatic rings. The van der Waals surface area contributed by atoms with E-state index in [2.05, 4.69) is 20.5 Å². The number of amides is 1. The fourth-order valence-electron chi connectivity index (χ4n) is 3.22. The minimum Gasteiger partial charge on any atom is -0.329 e. The van der Waals surface area contributed by atoms with Crippen molar-refractivity contribution >= 4 is 5.91 Å². The van der Waals surface area contributed by atoms with Gasteiger partial charge in [-0.05, 0) is 50.3 Å². The number of aromatic nitrogens is 6. The first kappa shape index (κ1) is 20.9. The van der Waals surface area contributed by atoms with Crippen LogP contribution in [0.15, 0.2) is 4.79 Å². The molecule has 3 rings (SSSR count). The van der Waals surface area contributed by atoms with E-state index in [9.17, 15) is 22.8 Å². The van der Waals surface area contributed by atoms with Gasteiger partial charge in [-0.3, -0.25) is 9.59 Å². The zero-order valence-electron chi connectivity index (χ0n) is 16.6. The number of aryl methyl sites for hydroxylation is 2. The zero-order valence-corrected chi connectivity index (χ0v) is 16.6. The number of hydrogen-bond donors (Lipinski definition) is 0. The molecule has 0 N–H and O–H groups in total. The highest BCUT2D eigenvalue weighted by Crippen LogP contribution is 2.36. The molecule has 1 saturated carbocycles. The van der Waals surface area contributed by atoms with Gasteiger partial charge in [0.2, 0.25) is 11.7 Å². The fourth-order valence-corrected chi connectivity index (χ4v) is 3.22. The van der Waals surface area contributed by atoms with Crippen LogP contribution in [0.1, 0.15) is 31.0 Å². The number of carbonyl (C=O) groups excluding carboxylic acids is 1. The van der Waals surface area contributed by atoms with Crippen LogP contribution in [0.2, 0.25) is 0 Å². The van der Waals surface area contributed by atoms with E-state index in [0.717, 1.165) is 27.2 Å². The van der Waals surface area contributed by atoms with E-state index in [1.807, 2.05) is 0 Å². The summed E-state index contributed by atoms with van der Waals surface area (Å²) in [6.45, 7) is 3.21. The number of nitrogens with zero attached hydrogens (tertiary/aromatic N) is 7. The van der Waals surface area contributed by atoms with Gasteiger partial charge in [0.1, 0.15) is 13.1 Å². The maximum atomic E-state index is 13.0. The maximum absolute atomic E-state index is 13.0. The van der Waals surface area contributed by atoms with Gasteiger partial charge in [0.05, 0.1) is 11.3 Å². The summed E-state index contributed by atoms with van der Waals surface area (Å²) in [5.41, 5.74) is 0.932. The molecule has 0 aliphatic heterocycles. The van der Waals surface area contributed by atoms with Crippen molar-refractivity contribution in [3.05, 3.63) is 21.6 Å². The third-order valence-electron chi connectivity index (χ3n) is 5.14. The Labute approximate surface area is 164 Å². The highest BCUT2D eigenvalue weighted by molar-refractivity contribution is 5.76. The second-order valence-corrected chi connectivity index (χ2v) is 7.37. The molecular weight excluding hydrogens is 391 g/mol. The molecule has 9 nitrogen and oxygen atoms in total. The summed E-state index contributed by atoms with van der Waals surface area (Å²) >= 11 is 0. The predicted octanol–water partition coefficient (Wildman–Crippen LogP) is 1.24. The summed E-state index contributed by atoms with van der Waals surface area (Å²) in [6, 6.07) is -0.524. The largest absolute Gasteiger partial charge is 0.406 e. The molecule has 0 aromatic carbocycles. The monoisotopic (exact) mass is 413 g/mol. The van der Waals surface area contributed by atoms with Gasteiger partial charge < -0.3 is 4.90 Å². The van der Waals surface area contributed by atoms with E-state index >= 15 is 0 Å². The minimum atomic E-state index is -4.50. The highest BCUT2D eigenvalue weighted by Gasteiger charge is 2.40. The van der Waals surface area contributed by atoms with E-state index in [1.165, 1.54) is 7.05 Å². The van der Waals surface area contributed by atoms with Gasteiger partial charge in [-0.25, -0.2) is 4.68 Å². The number of halogens is 3. The molecule has 0 unspecified atom stereocenters. The SMILES string of the molecule is Cc1nn(C)c(=O)c(-c2nnn(CC(=O)N(CC(F)(F)F)[C@H](C)C3CC3)n2)c1C. The number of rotatable bonds is 6. The molecule has 1 aliphatic rings. The molecule has 1 aliphatic carbocycles. The third kappa shape index (κ3) is 4.62. The molecule has 0 radical (unpaired) electrons. The number of alkyl halides is 3. The van der Waals surface area contributed by atoms with E-state index in [4.69, 9.17) is 0 Å². The molecule has 1 atom stereocenters. The number of hydrogen-bond acceptors (Lipinski definition) is 6. The minimum absolute atomic E-state index is 0.000914. The van der Waals surface area contributed by atoms with Crippen LogP contribution in [0.5, 0.6) is 0 Å². The van der Waals surface area contributed by atoms with Crippen molar-refractivity contribution in [2.75, 3.05) is 6.54 Å². The standard InChI is InChI=1S/C17H22F3N7O2/c1-9-10(2)22-25(4)16(29)14(9)15-21-24-27(23-15)7-13(28)26(8-17(18,19)20)11(3)12-5-6-12/h11-12H,5-8H2,1-4H3/t11-/m1/s1. The molecule has 1 fully saturated rings. The summed E-state index contributed by atoms with van der Waals surface area (Å²) < 4.78 is 40.0. The maximum Gasteiger partial charge on any atom is 0.406 e. The van der Waals surface area contributed by atoms with Crippen molar-refractivity contribution in [2.45, 2.75) is 52.4 Å². The van der Waals surface area contributed by atoms with Crippen LogP contribution in [-0.4, -0.2) is 59.6 Å². The first-order chi connectivity index (χ1) is 13.5. The smallest absolute Gasteiger partial charge is 0.329 e.